The molecule has 1 aliphatic carbocycles. The lowest BCUT2D eigenvalue weighted by Crippen LogP contribution is -2.14. The molecule has 5 heteroatoms. The van der Waals surface area contributed by atoms with E-state index in [2.05, 4.69) is 115 Å². The maximum Gasteiger partial charge on any atom is 0.238 e. The molecule has 0 aliphatic heterocycles. The lowest BCUT2D eigenvalue weighted by molar-refractivity contribution is 0.647. The number of benzene rings is 7. The van der Waals surface area contributed by atoms with Gasteiger partial charge in [0.15, 0.2) is 11.6 Å². The SMILES string of the molecule is CC1(C)c2ccccc2-c2cc3c(cc21)oc1ccc(-c2ccc4c(c2)c2ccccc2n4-c2nc(-c4ccccc4)nc(-c4ccccc4)n2)cc13. The standard InChI is InChI=1S/C48H32N4O/c1-48(2)39-19-11-9-17-33(39)35-27-38-37-26-32(22-24-43(37)53-44(38)28-40(35)48)31-21-23-42-36(25-31)34-18-10-12-20-41(34)52(42)47-50-45(29-13-5-3-6-14-29)49-46(51-47)30-15-7-4-8-16-30/h3-28H,1-2H3. The quantitative estimate of drug-likeness (QED) is 0.186. The molecule has 1 aliphatic rings. The Morgan fingerprint density at radius 1 is 0.434 bits per heavy atom. The summed E-state index contributed by atoms with van der Waals surface area (Å²) in [5.74, 6) is 1.85. The summed E-state index contributed by atoms with van der Waals surface area (Å²) in [6, 6.07) is 55.4. The number of hydrogen-bond donors (Lipinski definition) is 0. The fourth-order valence-corrected chi connectivity index (χ4v) is 8.42. The van der Waals surface area contributed by atoms with Gasteiger partial charge in [-0.2, -0.15) is 9.97 Å². The van der Waals surface area contributed by atoms with E-state index in [-0.39, 0.29) is 5.41 Å². The van der Waals surface area contributed by atoms with Crippen molar-refractivity contribution in [2.75, 3.05) is 0 Å². The minimum Gasteiger partial charge on any atom is -0.456 e. The van der Waals surface area contributed by atoms with E-state index in [0.29, 0.717) is 17.6 Å². The Morgan fingerprint density at radius 3 is 1.79 bits per heavy atom. The van der Waals surface area contributed by atoms with Crippen LogP contribution in [0.3, 0.4) is 0 Å². The zero-order valence-corrected chi connectivity index (χ0v) is 29.2. The molecule has 0 bridgehead atoms. The Bertz CT molecular complexity index is 3020. The summed E-state index contributed by atoms with van der Waals surface area (Å²) in [7, 11) is 0. The fraction of sp³-hybridized carbons (Fsp3) is 0.0625. The Kier molecular flexibility index (Phi) is 6.23. The second-order valence-corrected chi connectivity index (χ2v) is 14.5. The molecule has 5 nitrogen and oxygen atoms in total. The van der Waals surface area contributed by atoms with E-state index >= 15 is 0 Å². The van der Waals surface area contributed by atoms with Gasteiger partial charge >= 0.3 is 0 Å². The van der Waals surface area contributed by atoms with Gasteiger partial charge in [0.2, 0.25) is 5.95 Å². The fourth-order valence-electron chi connectivity index (χ4n) is 8.42. The maximum absolute atomic E-state index is 6.50. The predicted molar refractivity (Wildman–Crippen MR) is 215 cm³/mol. The van der Waals surface area contributed by atoms with Crippen molar-refractivity contribution in [2.24, 2.45) is 0 Å². The zero-order chi connectivity index (χ0) is 35.3. The molecule has 0 unspecified atom stereocenters. The first-order valence-corrected chi connectivity index (χ1v) is 18.0. The van der Waals surface area contributed by atoms with Crippen LogP contribution in [0.25, 0.3) is 94.7 Å². The third-order valence-electron chi connectivity index (χ3n) is 11.1. The molecule has 0 saturated carbocycles. The Balaban J connectivity index is 1.08. The molecule has 0 radical (unpaired) electrons. The van der Waals surface area contributed by atoms with Crippen molar-refractivity contribution >= 4 is 43.7 Å². The molecule has 11 rings (SSSR count). The van der Waals surface area contributed by atoms with Crippen molar-refractivity contribution in [2.45, 2.75) is 19.3 Å². The number of furan rings is 1. The number of para-hydroxylation sites is 1. The normalized spacial score (nSPS) is 13.2. The van der Waals surface area contributed by atoms with Gasteiger partial charge in [-0.15, -0.1) is 0 Å². The van der Waals surface area contributed by atoms with Gasteiger partial charge in [-0.25, -0.2) is 4.98 Å². The van der Waals surface area contributed by atoms with Crippen LogP contribution in [-0.4, -0.2) is 19.5 Å². The topological polar surface area (TPSA) is 56.7 Å². The van der Waals surface area contributed by atoms with Gasteiger partial charge in [0.1, 0.15) is 11.2 Å². The highest BCUT2D eigenvalue weighted by molar-refractivity contribution is 6.12. The third-order valence-corrected chi connectivity index (χ3v) is 11.1. The zero-order valence-electron chi connectivity index (χ0n) is 29.2. The highest BCUT2D eigenvalue weighted by Gasteiger charge is 2.36. The van der Waals surface area contributed by atoms with E-state index in [1.807, 2.05) is 60.7 Å². The molecule has 3 aromatic heterocycles. The molecular formula is C48H32N4O. The van der Waals surface area contributed by atoms with Gasteiger partial charge in [0, 0.05) is 38.1 Å². The van der Waals surface area contributed by atoms with Gasteiger partial charge < -0.3 is 4.42 Å². The van der Waals surface area contributed by atoms with E-state index in [4.69, 9.17) is 19.4 Å². The minimum atomic E-state index is -0.0770. The van der Waals surface area contributed by atoms with Crippen LogP contribution in [0.2, 0.25) is 0 Å². The van der Waals surface area contributed by atoms with Gasteiger partial charge in [-0.05, 0) is 75.8 Å². The van der Waals surface area contributed by atoms with Crippen molar-refractivity contribution < 1.29 is 4.42 Å². The van der Waals surface area contributed by atoms with Crippen molar-refractivity contribution in [1.82, 2.24) is 19.5 Å². The summed E-state index contributed by atoms with van der Waals surface area (Å²) in [4.78, 5) is 15.1. The van der Waals surface area contributed by atoms with E-state index in [9.17, 15) is 0 Å². The van der Waals surface area contributed by atoms with Crippen LogP contribution in [0, 0.1) is 0 Å². The molecule has 7 aromatic carbocycles. The molecule has 53 heavy (non-hydrogen) atoms. The molecule has 0 N–H and O–H groups in total. The molecule has 0 fully saturated rings. The summed E-state index contributed by atoms with van der Waals surface area (Å²) in [6.45, 7) is 4.62. The number of nitrogens with zero attached hydrogens (tertiary/aromatic N) is 4. The van der Waals surface area contributed by atoms with Crippen LogP contribution >= 0.6 is 0 Å². The number of hydrogen-bond acceptors (Lipinski definition) is 4. The molecule has 250 valence electrons. The second kappa shape index (κ2) is 11.1. The van der Waals surface area contributed by atoms with Crippen molar-refractivity contribution in [3.63, 3.8) is 0 Å². The lowest BCUT2D eigenvalue weighted by atomic mass is 9.82. The van der Waals surface area contributed by atoms with E-state index in [0.717, 1.165) is 66.0 Å². The Hall–Kier alpha value is -6.85. The average molecular weight is 681 g/mol. The highest BCUT2D eigenvalue weighted by atomic mass is 16.3. The second-order valence-electron chi connectivity index (χ2n) is 14.5. The third kappa shape index (κ3) is 4.47. The summed E-state index contributed by atoms with van der Waals surface area (Å²) in [5, 5.41) is 4.54. The van der Waals surface area contributed by atoms with Crippen molar-refractivity contribution in [3.05, 3.63) is 169 Å². The smallest absolute Gasteiger partial charge is 0.238 e. The number of aromatic nitrogens is 4. The van der Waals surface area contributed by atoms with E-state index < -0.39 is 0 Å². The first-order valence-electron chi connectivity index (χ1n) is 18.0. The minimum absolute atomic E-state index is 0.0770. The molecule has 0 saturated heterocycles. The van der Waals surface area contributed by atoms with Crippen LogP contribution in [0.15, 0.2) is 162 Å². The summed E-state index contributed by atoms with van der Waals surface area (Å²) in [5.41, 5.74) is 13.3. The van der Waals surface area contributed by atoms with E-state index in [1.165, 1.54) is 22.3 Å². The molecule has 3 heterocycles. The Morgan fingerprint density at radius 2 is 1.04 bits per heavy atom. The number of fused-ring (bicyclic) bond motifs is 9. The summed E-state index contributed by atoms with van der Waals surface area (Å²) < 4.78 is 8.67. The predicted octanol–water partition coefficient (Wildman–Crippen LogP) is 12.2. The highest BCUT2D eigenvalue weighted by Crippen LogP contribution is 2.51. The molecular weight excluding hydrogens is 649 g/mol. The van der Waals surface area contributed by atoms with Crippen LogP contribution in [0.1, 0.15) is 25.0 Å². The van der Waals surface area contributed by atoms with Gasteiger partial charge in [0.05, 0.1) is 11.0 Å². The molecule has 0 amide bonds. The van der Waals surface area contributed by atoms with E-state index in [1.54, 1.807) is 0 Å². The summed E-state index contributed by atoms with van der Waals surface area (Å²) in [6.07, 6.45) is 0. The summed E-state index contributed by atoms with van der Waals surface area (Å²) >= 11 is 0. The largest absolute Gasteiger partial charge is 0.456 e. The van der Waals surface area contributed by atoms with Gasteiger partial charge in [0.25, 0.3) is 0 Å². The Labute approximate surface area is 305 Å². The number of rotatable bonds is 4. The van der Waals surface area contributed by atoms with Crippen molar-refractivity contribution in [3.8, 4) is 51.0 Å². The van der Waals surface area contributed by atoms with Crippen LogP contribution in [0.5, 0.6) is 0 Å². The van der Waals surface area contributed by atoms with Crippen molar-refractivity contribution in [1.29, 1.82) is 0 Å². The first kappa shape index (κ1) is 29.8. The maximum atomic E-state index is 6.50. The van der Waals surface area contributed by atoms with Crippen LogP contribution in [-0.2, 0) is 5.41 Å². The molecule has 0 atom stereocenters. The van der Waals surface area contributed by atoms with Gasteiger partial charge in [-0.1, -0.05) is 129 Å². The van der Waals surface area contributed by atoms with Crippen LogP contribution in [0.4, 0.5) is 0 Å². The van der Waals surface area contributed by atoms with Gasteiger partial charge in [-0.3, -0.25) is 4.57 Å². The lowest BCUT2D eigenvalue weighted by Gasteiger charge is -2.21. The molecule has 0 spiro atoms. The molecule has 10 aromatic rings. The first-order chi connectivity index (χ1) is 26.0. The average Bonchev–Trinajstić information content (AvgIpc) is 3.82. The monoisotopic (exact) mass is 680 g/mol. The van der Waals surface area contributed by atoms with Crippen LogP contribution < -0.4 is 0 Å².